The third-order valence-corrected chi connectivity index (χ3v) is 4.47. The molecular weight excluding hydrogens is 276 g/mol. The molecule has 1 fully saturated rings. The zero-order valence-corrected chi connectivity index (χ0v) is 13.3. The molecule has 0 aliphatic carbocycles. The summed E-state index contributed by atoms with van der Waals surface area (Å²) in [5.41, 5.74) is 2.25. The van der Waals surface area contributed by atoms with Gasteiger partial charge in [0.1, 0.15) is 5.82 Å². The molecule has 0 bridgehead atoms. The van der Waals surface area contributed by atoms with Crippen molar-refractivity contribution in [1.29, 1.82) is 0 Å². The lowest BCUT2D eigenvalue weighted by molar-refractivity contribution is 0.198. The van der Waals surface area contributed by atoms with Crippen LogP contribution in [0, 0.1) is 6.92 Å². The van der Waals surface area contributed by atoms with Gasteiger partial charge in [-0.2, -0.15) is 0 Å². The van der Waals surface area contributed by atoms with E-state index < -0.39 is 10.0 Å². The number of nitrogens with zero attached hydrogens (tertiary/aromatic N) is 2. The van der Waals surface area contributed by atoms with Gasteiger partial charge in [-0.05, 0) is 19.8 Å². The van der Waals surface area contributed by atoms with E-state index in [2.05, 4.69) is 33.4 Å². The zero-order chi connectivity index (χ0) is 14.8. The van der Waals surface area contributed by atoms with E-state index in [0.29, 0.717) is 0 Å². The molecule has 114 valence electrons. The van der Waals surface area contributed by atoms with Gasteiger partial charge in [0.05, 0.1) is 11.9 Å². The van der Waals surface area contributed by atoms with Gasteiger partial charge in [0, 0.05) is 37.8 Å². The summed E-state index contributed by atoms with van der Waals surface area (Å²) in [6.07, 6.45) is 3.86. The highest BCUT2D eigenvalue weighted by Crippen LogP contribution is 2.15. The monoisotopic (exact) mass is 300 g/mol. The van der Waals surface area contributed by atoms with Crippen LogP contribution in [0.15, 0.2) is 0 Å². The standard InChI is InChI=1S/C13H24N4O2S/c1-4-13-14-10(2)12(15-13)9-17-7-5-11(6-8-17)16-20(3,18)19/h11,16H,4-9H2,1-3H3,(H,14,15). The Morgan fingerprint density at radius 1 is 1.40 bits per heavy atom. The third kappa shape index (κ3) is 4.29. The van der Waals surface area contributed by atoms with Crippen LogP contribution in [0.1, 0.15) is 37.0 Å². The van der Waals surface area contributed by atoms with E-state index in [1.165, 1.54) is 6.26 Å². The van der Waals surface area contributed by atoms with Crippen molar-refractivity contribution in [2.24, 2.45) is 0 Å². The molecule has 0 radical (unpaired) electrons. The Kier molecular flexibility index (Phi) is 4.82. The number of piperidine rings is 1. The van der Waals surface area contributed by atoms with Crippen molar-refractivity contribution in [2.45, 2.75) is 45.7 Å². The Morgan fingerprint density at radius 2 is 2.05 bits per heavy atom. The van der Waals surface area contributed by atoms with Crippen molar-refractivity contribution in [3.63, 3.8) is 0 Å². The molecule has 1 aromatic heterocycles. The minimum absolute atomic E-state index is 0.0766. The molecule has 0 atom stereocenters. The number of hydrogen-bond donors (Lipinski definition) is 2. The Labute approximate surface area is 121 Å². The average molecular weight is 300 g/mol. The van der Waals surface area contributed by atoms with E-state index >= 15 is 0 Å². The summed E-state index contributed by atoms with van der Waals surface area (Å²) >= 11 is 0. The summed E-state index contributed by atoms with van der Waals surface area (Å²) in [6, 6.07) is 0.0766. The maximum absolute atomic E-state index is 11.2. The minimum atomic E-state index is -3.09. The van der Waals surface area contributed by atoms with Crippen LogP contribution in [0.25, 0.3) is 0 Å². The SMILES string of the molecule is CCc1nc(CN2CCC(NS(C)(=O)=O)CC2)c(C)[nH]1. The lowest BCUT2D eigenvalue weighted by Gasteiger charge is -2.31. The van der Waals surface area contributed by atoms with Crippen LogP contribution in [0.2, 0.25) is 0 Å². The van der Waals surface area contributed by atoms with Crippen molar-refractivity contribution < 1.29 is 8.42 Å². The molecular formula is C13H24N4O2S. The van der Waals surface area contributed by atoms with Crippen LogP contribution in [0.4, 0.5) is 0 Å². The highest BCUT2D eigenvalue weighted by Gasteiger charge is 2.22. The molecule has 1 saturated heterocycles. The summed E-state index contributed by atoms with van der Waals surface area (Å²) < 4.78 is 25.1. The highest BCUT2D eigenvalue weighted by molar-refractivity contribution is 7.88. The second-order valence-corrected chi connectivity index (χ2v) is 7.33. The molecule has 1 aliphatic rings. The topological polar surface area (TPSA) is 78.1 Å². The summed E-state index contributed by atoms with van der Waals surface area (Å²) in [5.74, 6) is 1.03. The highest BCUT2D eigenvalue weighted by atomic mass is 32.2. The third-order valence-electron chi connectivity index (χ3n) is 3.71. The van der Waals surface area contributed by atoms with E-state index in [-0.39, 0.29) is 6.04 Å². The summed E-state index contributed by atoms with van der Waals surface area (Å²) in [6.45, 7) is 6.79. The van der Waals surface area contributed by atoms with Crippen molar-refractivity contribution in [1.82, 2.24) is 19.6 Å². The van der Waals surface area contributed by atoms with Gasteiger partial charge in [0.2, 0.25) is 10.0 Å². The van der Waals surface area contributed by atoms with Crippen LogP contribution in [0.3, 0.4) is 0 Å². The quantitative estimate of drug-likeness (QED) is 0.843. The maximum atomic E-state index is 11.2. The van der Waals surface area contributed by atoms with E-state index in [4.69, 9.17) is 0 Å². The molecule has 1 aromatic rings. The first-order valence-electron chi connectivity index (χ1n) is 7.11. The van der Waals surface area contributed by atoms with Gasteiger partial charge in [0.25, 0.3) is 0 Å². The molecule has 20 heavy (non-hydrogen) atoms. The summed E-state index contributed by atoms with van der Waals surface area (Å²) in [4.78, 5) is 10.2. The first kappa shape index (κ1) is 15.5. The molecule has 1 aliphatic heterocycles. The molecule has 2 N–H and O–H groups in total. The lowest BCUT2D eigenvalue weighted by atomic mass is 10.1. The Hall–Kier alpha value is -0.920. The molecule has 2 rings (SSSR count). The number of likely N-dealkylation sites (tertiary alicyclic amines) is 1. The van der Waals surface area contributed by atoms with Crippen LogP contribution >= 0.6 is 0 Å². The zero-order valence-electron chi connectivity index (χ0n) is 12.4. The van der Waals surface area contributed by atoms with Gasteiger partial charge in [-0.1, -0.05) is 6.92 Å². The predicted octanol–water partition coefficient (Wildman–Crippen LogP) is 0.794. The normalized spacial score (nSPS) is 18.6. The molecule has 0 unspecified atom stereocenters. The number of H-pyrrole nitrogens is 1. The minimum Gasteiger partial charge on any atom is -0.346 e. The first-order chi connectivity index (χ1) is 9.37. The number of aromatic nitrogens is 2. The van der Waals surface area contributed by atoms with Gasteiger partial charge < -0.3 is 4.98 Å². The van der Waals surface area contributed by atoms with Crippen LogP contribution in [-0.4, -0.2) is 48.7 Å². The molecule has 2 heterocycles. The van der Waals surface area contributed by atoms with Gasteiger partial charge in [-0.3, -0.25) is 4.90 Å². The van der Waals surface area contributed by atoms with Crippen LogP contribution in [0.5, 0.6) is 0 Å². The maximum Gasteiger partial charge on any atom is 0.208 e. The van der Waals surface area contributed by atoms with E-state index in [1.807, 2.05) is 0 Å². The average Bonchev–Trinajstić information content (AvgIpc) is 2.71. The van der Waals surface area contributed by atoms with Gasteiger partial charge in [0.15, 0.2) is 0 Å². The number of nitrogens with one attached hydrogen (secondary N) is 2. The fourth-order valence-corrected chi connectivity index (χ4v) is 3.45. The number of aryl methyl sites for hydroxylation is 2. The van der Waals surface area contributed by atoms with Crippen molar-refractivity contribution in [3.05, 3.63) is 17.2 Å². The second kappa shape index (κ2) is 6.24. The summed E-state index contributed by atoms with van der Waals surface area (Å²) in [7, 11) is -3.09. The predicted molar refractivity (Wildman–Crippen MR) is 79.0 cm³/mol. The van der Waals surface area contributed by atoms with Gasteiger partial charge in [-0.25, -0.2) is 18.1 Å². The number of rotatable bonds is 5. The molecule has 0 amide bonds. The number of hydrogen-bond acceptors (Lipinski definition) is 4. The first-order valence-corrected chi connectivity index (χ1v) is 9.00. The second-order valence-electron chi connectivity index (χ2n) is 5.55. The van der Waals surface area contributed by atoms with E-state index in [0.717, 1.165) is 56.1 Å². The van der Waals surface area contributed by atoms with Crippen molar-refractivity contribution in [2.75, 3.05) is 19.3 Å². The number of sulfonamides is 1. The van der Waals surface area contributed by atoms with Crippen LogP contribution in [-0.2, 0) is 23.0 Å². The largest absolute Gasteiger partial charge is 0.346 e. The Bertz CT molecular complexity index is 545. The van der Waals surface area contributed by atoms with E-state index in [9.17, 15) is 8.42 Å². The molecule has 0 spiro atoms. The van der Waals surface area contributed by atoms with Crippen LogP contribution < -0.4 is 4.72 Å². The van der Waals surface area contributed by atoms with Crippen molar-refractivity contribution >= 4 is 10.0 Å². The molecule has 0 saturated carbocycles. The van der Waals surface area contributed by atoms with E-state index in [1.54, 1.807) is 0 Å². The van der Waals surface area contributed by atoms with Gasteiger partial charge >= 0.3 is 0 Å². The summed E-state index contributed by atoms with van der Waals surface area (Å²) in [5, 5.41) is 0. The van der Waals surface area contributed by atoms with Crippen molar-refractivity contribution in [3.8, 4) is 0 Å². The fraction of sp³-hybridized carbons (Fsp3) is 0.769. The Balaban J connectivity index is 1.86. The molecule has 7 heteroatoms. The van der Waals surface area contributed by atoms with Gasteiger partial charge in [-0.15, -0.1) is 0 Å². The lowest BCUT2D eigenvalue weighted by Crippen LogP contribution is -2.44. The smallest absolute Gasteiger partial charge is 0.208 e. The number of imidazole rings is 1. The molecule has 6 nitrogen and oxygen atoms in total. The number of aromatic amines is 1. The molecule has 0 aromatic carbocycles. The Morgan fingerprint density at radius 3 is 2.55 bits per heavy atom. The fourth-order valence-electron chi connectivity index (χ4n) is 2.61.